The van der Waals surface area contributed by atoms with Crippen LogP contribution in [0.25, 0.3) is 0 Å². The first-order chi connectivity index (χ1) is 6.68. The number of thioether (sulfide) groups is 1. The molecule has 74 valence electrons. The summed E-state index contributed by atoms with van der Waals surface area (Å²) in [4.78, 5) is 1.79. The second-order valence-electron chi connectivity index (χ2n) is 3.26. The van der Waals surface area contributed by atoms with Crippen LogP contribution in [0.2, 0.25) is 0 Å². The zero-order chi connectivity index (χ0) is 10.1. The van der Waals surface area contributed by atoms with Crippen molar-refractivity contribution < 1.29 is 5.11 Å². The number of hydrogen-bond donors (Lipinski definition) is 1. The highest BCUT2D eigenvalue weighted by atomic mass is 32.2. The maximum atomic E-state index is 9.70. The van der Waals surface area contributed by atoms with Crippen LogP contribution in [-0.4, -0.2) is 21.4 Å². The van der Waals surface area contributed by atoms with E-state index in [1.54, 1.807) is 4.90 Å². The number of aryl methyl sites for hydroxylation is 1. The fraction of sp³-hybridized carbons (Fsp3) is 0.300. The highest BCUT2D eigenvalue weighted by Crippen LogP contribution is 2.29. The van der Waals surface area contributed by atoms with Crippen LogP contribution in [0.5, 0.6) is 0 Å². The molecule has 1 aliphatic rings. The Kier molecular flexibility index (Phi) is 2.76. The second kappa shape index (κ2) is 3.88. The highest BCUT2D eigenvalue weighted by molar-refractivity contribution is 8.23. The summed E-state index contributed by atoms with van der Waals surface area (Å²) in [5, 5.41) is 9.70. The van der Waals surface area contributed by atoms with Gasteiger partial charge in [-0.1, -0.05) is 41.7 Å². The standard InChI is InChI=1S/C10H11NOS2/c1-7-2-4-8(5-3-7)11-9(12)6-14-10(11)13/h2-5,9,12H,6H2,1H3/t9-/m0/s1. The van der Waals surface area contributed by atoms with Crippen LogP contribution in [0.1, 0.15) is 5.56 Å². The number of anilines is 1. The van der Waals surface area contributed by atoms with Gasteiger partial charge in [-0.3, -0.25) is 0 Å². The van der Waals surface area contributed by atoms with Crippen LogP contribution >= 0.6 is 24.0 Å². The predicted molar refractivity (Wildman–Crippen MR) is 64.7 cm³/mol. The molecule has 0 radical (unpaired) electrons. The SMILES string of the molecule is Cc1ccc(N2C(=S)SC[C@@H]2O)cc1. The molecule has 4 heteroatoms. The van der Waals surface area contributed by atoms with E-state index in [4.69, 9.17) is 12.2 Å². The van der Waals surface area contributed by atoms with Gasteiger partial charge in [0.25, 0.3) is 0 Å². The predicted octanol–water partition coefficient (Wildman–Crippen LogP) is 2.15. The van der Waals surface area contributed by atoms with Crippen LogP contribution in [0, 0.1) is 6.92 Å². The molecule has 0 aliphatic carbocycles. The van der Waals surface area contributed by atoms with Crippen LogP contribution in [0.3, 0.4) is 0 Å². The fourth-order valence-electron chi connectivity index (χ4n) is 1.39. The summed E-state index contributed by atoms with van der Waals surface area (Å²) in [5.41, 5.74) is 2.18. The summed E-state index contributed by atoms with van der Waals surface area (Å²) in [6, 6.07) is 8.01. The maximum Gasteiger partial charge on any atom is 0.143 e. The minimum atomic E-state index is -0.477. The van der Waals surface area contributed by atoms with Gasteiger partial charge in [0.15, 0.2) is 0 Å². The summed E-state index contributed by atoms with van der Waals surface area (Å²) < 4.78 is 0.751. The average Bonchev–Trinajstić information content (AvgIpc) is 2.49. The first kappa shape index (κ1) is 9.96. The minimum Gasteiger partial charge on any atom is -0.372 e. The van der Waals surface area contributed by atoms with Gasteiger partial charge in [0, 0.05) is 11.4 Å². The van der Waals surface area contributed by atoms with E-state index >= 15 is 0 Å². The van der Waals surface area contributed by atoms with Gasteiger partial charge in [0.2, 0.25) is 0 Å². The minimum absolute atomic E-state index is 0.477. The van der Waals surface area contributed by atoms with E-state index in [9.17, 15) is 5.11 Å². The van der Waals surface area contributed by atoms with E-state index in [0.717, 1.165) is 10.0 Å². The molecule has 0 spiro atoms. The first-order valence-corrected chi connectivity index (χ1v) is 5.78. The van der Waals surface area contributed by atoms with Crippen molar-refractivity contribution in [2.45, 2.75) is 13.2 Å². The molecule has 1 N–H and O–H groups in total. The Morgan fingerprint density at radius 1 is 1.43 bits per heavy atom. The lowest BCUT2D eigenvalue weighted by Gasteiger charge is -2.21. The van der Waals surface area contributed by atoms with Crippen molar-refractivity contribution in [2.75, 3.05) is 10.7 Å². The monoisotopic (exact) mass is 225 g/mol. The van der Waals surface area contributed by atoms with Crippen LogP contribution in [0.15, 0.2) is 24.3 Å². The van der Waals surface area contributed by atoms with Crippen molar-refractivity contribution in [3.63, 3.8) is 0 Å². The van der Waals surface area contributed by atoms with E-state index in [-0.39, 0.29) is 0 Å². The highest BCUT2D eigenvalue weighted by Gasteiger charge is 2.27. The van der Waals surface area contributed by atoms with E-state index < -0.39 is 6.23 Å². The molecule has 1 atom stereocenters. The van der Waals surface area contributed by atoms with E-state index in [1.165, 1.54) is 17.3 Å². The van der Waals surface area contributed by atoms with Crippen molar-refractivity contribution in [2.24, 2.45) is 0 Å². The smallest absolute Gasteiger partial charge is 0.143 e. The zero-order valence-corrected chi connectivity index (χ0v) is 9.44. The molecule has 1 aromatic rings. The quantitative estimate of drug-likeness (QED) is 0.740. The third-order valence-electron chi connectivity index (χ3n) is 2.16. The number of aliphatic hydroxyl groups excluding tert-OH is 1. The molecule has 0 saturated carbocycles. The molecule has 2 nitrogen and oxygen atoms in total. The lowest BCUT2D eigenvalue weighted by molar-refractivity contribution is 0.213. The zero-order valence-electron chi connectivity index (χ0n) is 7.80. The lowest BCUT2D eigenvalue weighted by Crippen LogP contribution is -2.32. The molecule has 1 saturated heterocycles. The normalized spacial score (nSPS) is 21.7. The Balaban J connectivity index is 2.30. The number of aliphatic hydroxyl groups is 1. The lowest BCUT2D eigenvalue weighted by atomic mass is 10.2. The van der Waals surface area contributed by atoms with Gasteiger partial charge in [-0.25, -0.2) is 0 Å². The second-order valence-corrected chi connectivity index (χ2v) is 4.92. The fourth-order valence-corrected chi connectivity index (χ4v) is 2.63. The van der Waals surface area contributed by atoms with Gasteiger partial charge in [-0.2, -0.15) is 0 Å². The Hall–Kier alpha value is -0.580. The van der Waals surface area contributed by atoms with Crippen molar-refractivity contribution >= 4 is 34.0 Å². The van der Waals surface area contributed by atoms with Gasteiger partial charge in [-0.05, 0) is 19.1 Å². The van der Waals surface area contributed by atoms with Gasteiger partial charge in [-0.15, -0.1) is 0 Å². The van der Waals surface area contributed by atoms with Crippen LogP contribution in [-0.2, 0) is 0 Å². The average molecular weight is 225 g/mol. The number of rotatable bonds is 1. The summed E-state index contributed by atoms with van der Waals surface area (Å²) in [5.74, 6) is 0.659. The Morgan fingerprint density at radius 3 is 2.57 bits per heavy atom. The molecule has 2 rings (SSSR count). The topological polar surface area (TPSA) is 23.5 Å². The Morgan fingerprint density at radius 2 is 2.07 bits per heavy atom. The van der Waals surface area contributed by atoms with Crippen LogP contribution in [0.4, 0.5) is 5.69 Å². The van der Waals surface area contributed by atoms with Crippen molar-refractivity contribution in [1.29, 1.82) is 0 Å². The molecule has 1 aromatic carbocycles. The first-order valence-electron chi connectivity index (χ1n) is 4.39. The molecule has 14 heavy (non-hydrogen) atoms. The van der Waals surface area contributed by atoms with Crippen molar-refractivity contribution in [3.05, 3.63) is 29.8 Å². The summed E-state index contributed by atoms with van der Waals surface area (Å²) in [6.45, 7) is 2.04. The Labute approximate surface area is 92.9 Å². The van der Waals surface area contributed by atoms with Gasteiger partial charge < -0.3 is 10.0 Å². The summed E-state index contributed by atoms with van der Waals surface area (Å²) >= 11 is 6.68. The molecule has 0 aromatic heterocycles. The molecule has 1 heterocycles. The summed E-state index contributed by atoms with van der Waals surface area (Å²) in [7, 11) is 0. The molecular formula is C10H11NOS2. The van der Waals surface area contributed by atoms with E-state index in [2.05, 4.69) is 0 Å². The number of hydrogen-bond acceptors (Lipinski definition) is 3. The van der Waals surface area contributed by atoms with Gasteiger partial charge in [0.05, 0.1) is 0 Å². The molecule has 1 aliphatic heterocycles. The molecule has 0 bridgehead atoms. The van der Waals surface area contributed by atoms with E-state index in [1.807, 2.05) is 31.2 Å². The third-order valence-corrected chi connectivity index (χ3v) is 3.62. The van der Waals surface area contributed by atoms with Gasteiger partial charge >= 0.3 is 0 Å². The molecule has 0 unspecified atom stereocenters. The largest absolute Gasteiger partial charge is 0.372 e. The van der Waals surface area contributed by atoms with Crippen LogP contribution < -0.4 is 4.90 Å². The number of nitrogens with zero attached hydrogens (tertiary/aromatic N) is 1. The molecular weight excluding hydrogens is 214 g/mol. The number of benzene rings is 1. The van der Waals surface area contributed by atoms with Crippen molar-refractivity contribution in [1.82, 2.24) is 0 Å². The maximum absolute atomic E-state index is 9.70. The van der Waals surface area contributed by atoms with E-state index in [0.29, 0.717) is 5.75 Å². The number of thiocarbonyl (C=S) groups is 1. The molecule has 1 fully saturated rings. The van der Waals surface area contributed by atoms with Gasteiger partial charge in [0.1, 0.15) is 10.5 Å². The Bertz CT molecular complexity index is 350. The van der Waals surface area contributed by atoms with Crippen molar-refractivity contribution in [3.8, 4) is 0 Å². The third kappa shape index (κ3) is 1.78. The molecule has 0 amide bonds. The summed E-state index contributed by atoms with van der Waals surface area (Å²) in [6.07, 6.45) is -0.477.